The van der Waals surface area contributed by atoms with Gasteiger partial charge in [0.15, 0.2) is 0 Å². The van der Waals surface area contributed by atoms with Crippen LogP contribution in [0.5, 0.6) is 0 Å². The van der Waals surface area contributed by atoms with E-state index < -0.39 is 0 Å². The lowest BCUT2D eigenvalue weighted by Crippen LogP contribution is -2.39. The number of aromatic nitrogens is 3. The molecule has 4 rings (SSSR count). The molecule has 1 aromatic carbocycles. The topological polar surface area (TPSA) is 61.9 Å². The zero-order chi connectivity index (χ0) is 15.8. The Hall–Kier alpha value is -1.92. The fourth-order valence-corrected chi connectivity index (χ4v) is 4.57. The number of rotatable bonds is 2. The highest BCUT2D eigenvalue weighted by Gasteiger charge is 2.29. The van der Waals surface area contributed by atoms with Gasteiger partial charge in [-0.15, -0.1) is 11.3 Å². The molecule has 3 heterocycles. The van der Waals surface area contributed by atoms with Crippen molar-refractivity contribution in [2.75, 3.05) is 13.1 Å². The Morgan fingerprint density at radius 2 is 2.26 bits per heavy atom. The van der Waals surface area contributed by atoms with Crippen LogP contribution in [0, 0.1) is 0 Å². The molecule has 0 spiro atoms. The van der Waals surface area contributed by atoms with Crippen LogP contribution in [0.1, 0.15) is 34.3 Å². The Balaban J connectivity index is 1.61. The standard InChI is InChI=1S/C16H15ClN4OS/c17-13-11-5-1-2-6-12(11)23-14(13)16(22)21-7-3-4-10(8-21)15-18-9-19-20-15/h1-2,5-6,9-10H,3-4,7-8H2,(H,18,19,20). The minimum atomic E-state index is 0.0143. The number of thiophene rings is 1. The monoisotopic (exact) mass is 346 g/mol. The molecule has 7 heteroatoms. The number of piperidine rings is 1. The molecule has 2 aromatic heterocycles. The van der Waals surface area contributed by atoms with E-state index in [9.17, 15) is 4.79 Å². The second-order valence-corrected chi connectivity index (χ2v) is 7.13. The number of amides is 1. The van der Waals surface area contributed by atoms with Gasteiger partial charge in [0.2, 0.25) is 0 Å². The molecule has 1 saturated heterocycles. The molecule has 1 amide bonds. The van der Waals surface area contributed by atoms with E-state index >= 15 is 0 Å². The highest BCUT2D eigenvalue weighted by Crippen LogP contribution is 2.36. The van der Waals surface area contributed by atoms with Crippen LogP contribution in [-0.2, 0) is 0 Å². The number of fused-ring (bicyclic) bond motifs is 1. The molecule has 118 valence electrons. The number of nitrogens with one attached hydrogen (secondary N) is 1. The number of carbonyl (C=O) groups excluding carboxylic acids is 1. The predicted octanol–water partition coefficient (Wildman–Crippen LogP) is 3.69. The second kappa shape index (κ2) is 5.94. The molecule has 0 saturated carbocycles. The molecule has 0 aliphatic carbocycles. The molecular formula is C16H15ClN4OS. The number of likely N-dealkylation sites (tertiary alicyclic amines) is 1. The summed E-state index contributed by atoms with van der Waals surface area (Å²) in [5.41, 5.74) is 0. The molecule has 0 bridgehead atoms. The van der Waals surface area contributed by atoms with E-state index in [0.29, 0.717) is 16.4 Å². The number of nitrogens with zero attached hydrogens (tertiary/aromatic N) is 3. The molecule has 3 aromatic rings. The van der Waals surface area contributed by atoms with Crippen molar-refractivity contribution in [1.82, 2.24) is 20.1 Å². The third kappa shape index (κ3) is 2.62. The lowest BCUT2D eigenvalue weighted by Gasteiger charge is -2.31. The first-order valence-corrected chi connectivity index (χ1v) is 8.75. The lowest BCUT2D eigenvalue weighted by atomic mass is 9.97. The van der Waals surface area contributed by atoms with E-state index in [0.717, 1.165) is 35.3 Å². The molecule has 1 fully saturated rings. The van der Waals surface area contributed by atoms with Gasteiger partial charge >= 0.3 is 0 Å². The molecule has 5 nitrogen and oxygen atoms in total. The number of carbonyl (C=O) groups is 1. The minimum Gasteiger partial charge on any atom is -0.337 e. The Labute approximate surface area is 142 Å². The summed E-state index contributed by atoms with van der Waals surface area (Å²) in [4.78, 5) is 19.7. The normalized spacial score (nSPS) is 18.5. The Kier molecular flexibility index (Phi) is 3.79. The van der Waals surface area contributed by atoms with Crippen LogP contribution in [-0.4, -0.2) is 39.1 Å². The van der Waals surface area contributed by atoms with Gasteiger partial charge < -0.3 is 4.90 Å². The first kappa shape index (κ1) is 14.7. The molecule has 1 N–H and O–H groups in total. The van der Waals surface area contributed by atoms with Gasteiger partial charge in [0.1, 0.15) is 17.0 Å². The Morgan fingerprint density at radius 1 is 1.39 bits per heavy atom. The minimum absolute atomic E-state index is 0.0143. The molecule has 1 aliphatic heterocycles. The van der Waals surface area contributed by atoms with Crippen molar-refractivity contribution in [2.24, 2.45) is 0 Å². The van der Waals surface area contributed by atoms with Crippen molar-refractivity contribution in [3.8, 4) is 0 Å². The van der Waals surface area contributed by atoms with Crippen molar-refractivity contribution >= 4 is 38.9 Å². The largest absolute Gasteiger partial charge is 0.337 e. The lowest BCUT2D eigenvalue weighted by molar-refractivity contribution is 0.0710. The zero-order valence-corrected chi connectivity index (χ0v) is 13.9. The molecule has 1 atom stereocenters. The average Bonchev–Trinajstić information content (AvgIpc) is 3.23. The van der Waals surface area contributed by atoms with Gasteiger partial charge in [-0.05, 0) is 18.9 Å². The summed E-state index contributed by atoms with van der Waals surface area (Å²) in [5.74, 6) is 1.08. The van der Waals surface area contributed by atoms with Gasteiger partial charge in [0.25, 0.3) is 5.91 Å². The van der Waals surface area contributed by atoms with E-state index in [2.05, 4.69) is 15.2 Å². The Morgan fingerprint density at radius 3 is 3.04 bits per heavy atom. The summed E-state index contributed by atoms with van der Waals surface area (Å²) >= 11 is 7.91. The van der Waals surface area contributed by atoms with E-state index in [-0.39, 0.29) is 11.8 Å². The van der Waals surface area contributed by atoms with Gasteiger partial charge in [-0.25, -0.2) is 4.98 Å². The number of halogens is 1. The number of H-pyrrole nitrogens is 1. The second-order valence-electron chi connectivity index (χ2n) is 5.70. The van der Waals surface area contributed by atoms with Crippen LogP contribution in [0.3, 0.4) is 0 Å². The van der Waals surface area contributed by atoms with E-state index in [1.165, 1.54) is 17.7 Å². The summed E-state index contributed by atoms with van der Waals surface area (Å²) in [6.45, 7) is 1.41. The summed E-state index contributed by atoms with van der Waals surface area (Å²) in [5, 5.41) is 8.34. The van der Waals surface area contributed by atoms with Crippen LogP contribution >= 0.6 is 22.9 Å². The summed E-state index contributed by atoms with van der Waals surface area (Å²) in [6.07, 6.45) is 3.48. The molecule has 0 radical (unpaired) electrons. The van der Waals surface area contributed by atoms with Gasteiger partial charge in [-0.1, -0.05) is 29.8 Å². The van der Waals surface area contributed by atoms with Crippen LogP contribution in [0.2, 0.25) is 5.02 Å². The third-order valence-corrected chi connectivity index (χ3v) is 5.92. The van der Waals surface area contributed by atoms with Gasteiger partial charge in [-0.2, -0.15) is 5.10 Å². The van der Waals surface area contributed by atoms with Crippen LogP contribution in [0.25, 0.3) is 10.1 Å². The number of aromatic amines is 1. The third-order valence-electron chi connectivity index (χ3n) is 4.26. The predicted molar refractivity (Wildman–Crippen MR) is 91.1 cm³/mol. The molecule has 1 aliphatic rings. The highest BCUT2D eigenvalue weighted by atomic mass is 35.5. The summed E-state index contributed by atoms with van der Waals surface area (Å²) < 4.78 is 1.05. The summed E-state index contributed by atoms with van der Waals surface area (Å²) in [6, 6.07) is 7.86. The molecule has 23 heavy (non-hydrogen) atoms. The molecule has 1 unspecified atom stereocenters. The van der Waals surface area contributed by atoms with Gasteiger partial charge in [-0.3, -0.25) is 9.89 Å². The van der Waals surface area contributed by atoms with E-state index in [4.69, 9.17) is 11.6 Å². The van der Waals surface area contributed by atoms with Crippen molar-refractivity contribution in [3.63, 3.8) is 0 Å². The number of hydrogen-bond acceptors (Lipinski definition) is 4. The van der Waals surface area contributed by atoms with E-state index in [1.807, 2.05) is 29.2 Å². The molecular weight excluding hydrogens is 332 g/mol. The quantitative estimate of drug-likeness (QED) is 0.769. The fraction of sp³-hybridized carbons (Fsp3) is 0.312. The Bertz CT molecular complexity index is 845. The fourth-order valence-electron chi connectivity index (χ4n) is 3.09. The smallest absolute Gasteiger partial charge is 0.265 e. The van der Waals surface area contributed by atoms with Crippen molar-refractivity contribution in [1.29, 1.82) is 0 Å². The van der Waals surface area contributed by atoms with Crippen molar-refractivity contribution in [2.45, 2.75) is 18.8 Å². The van der Waals surface area contributed by atoms with Gasteiger partial charge in [0.05, 0.1) is 5.02 Å². The SMILES string of the molecule is O=C(c1sc2ccccc2c1Cl)N1CCCC(c2ncn[nH]2)C1. The number of benzene rings is 1. The van der Waals surface area contributed by atoms with Gasteiger partial charge in [0, 0.05) is 29.1 Å². The highest BCUT2D eigenvalue weighted by molar-refractivity contribution is 7.21. The average molecular weight is 347 g/mol. The first-order chi connectivity index (χ1) is 11.2. The maximum absolute atomic E-state index is 12.9. The van der Waals surface area contributed by atoms with Crippen LogP contribution < -0.4 is 0 Å². The maximum Gasteiger partial charge on any atom is 0.265 e. The van der Waals surface area contributed by atoms with Crippen LogP contribution in [0.15, 0.2) is 30.6 Å². The first-order valence-electron chi connectivity index (χ1n) is 7.55. The van der Waals surface area contributed by atoms with Crippen molar-refractivity contribution in [3.05, 3.63) is 46.3 Å². The maximum atomic E-state index is 12.9. The van der Waals surface area contributed by atoms with E-state index in [1.54, 1.807) is 0 Å². The van der Waals surface area contributed by atoms with Crippen molar-refractivity contribution < 1.29 is 4.79 Å². The van der Waals surface area contributed by atoms with Crippen LogP contribution in [0.4, 0.5) is 0 Å². The summed E-state index contributed by atoms with van der Waals surface area (Å²) in [7, 11) is 0. The zero-order valence-electron chi connectivity index (χ0n) is 12.3. The number of hydrogen-bond donors (Lipinski definition) is 1.